The standard InChI is InChI=1S/C17H24N2O4S/c1-2-3-4-5-6-12-7-11-9-19(17(22)18-16(11)24-12)15-8-13(21)14(10-20)23-15/h7,9,13-15,20-21H,2-6,8,10H2,1H3/t13-,14+,15+/m0/s1. The zero-order valence-electron chi connectivity index (χ0n) is 13.9. The first-order chi connectivity index (χ1) is 11.6. The fourth-order valence-corrected chi connectivity index (χ4v) is 4.12. The summed E-state index contributed by atoms with van der Waals surface area (Å²) in [7, 11) is 0. The number of nitrogens with zero attached hydrogens (tertiary/aromatic N) is 2. The average Bonchev–Trinajstić information content (AvgIpc) is 3.13. The summed E-state index contributed by atoms with van der Waals surface area (Å²) in [5.74, 6) is 0. The van der Waals surface area contributed by atoms with Gasteiger partial charge < -0.3 is 14.9 Å². The Morgan fingerprint density at radius 2 is 2.25 bits per heavy atom. The zero-order valence-corrected chi connectivity index (χ0v) is 14.7. The van der Waals surface area contributed by atoms with Gasteiger partial charge in [0.25, 0.3) is 0 Å². The number of ether oxygens (including phenoxy) is 1. The average molecular weight is 352 g/mol. The van der Waals surface area contributed by atoms with Crippen LogP contribution in [0.2, 0.25) is 0 Å². The number of hydrogen-bond acceptors (Lipinski definition) is 6. The van der Waals surface area contributed by atoms with Gasteiger partial charge in [-0.2, -0.15) is 4.98 Å². The Morgan fingerprint density at radius 1 is 1.42 bits per heavy atom. The Kier molecular flexibility index (Phi) is 5.65. The van der Waals surface area contributed by atoms with Gasteiger partial charge in [0.1, 0.15) is 17.2 Å². The SMILES string of the molecule is CCCCCCc1cc2cn([C@H]3C[C@H](O)[C@@H](CO)O3)c(=O)nc2s1. The van der Waals surface area contributed by atoms with Crippen LogP contribution in [-0.2, 0) is 11.2 Å². The van der Waals surface area contributed by atoms with Crippen molar-refractivity contribution in [1.82, 2.24) is 9.55 Å². The lowest BCUT2D eigenvalue weighted by molar-refractivity contribution is -0.0457. The van der Waals surface area contributed by atoms with Crippen LogP contribution in [0, 0.1) is 0 Å². The topological polar surface area (TPSA) is 84.6 Å². The molecule has 0 bridgehead atoms. The second-order valence-electron chi connectivity index (χ2n) is 6.33. The first-order valence-corrected chi connectivity index (χ1v) is 9.40. The van der Waals surface area contributed by atoms with E-state index >= 15 is 0 Å². The highest BCUT2D eigenvalue weighted by Gasteiger charge is 2.35. The maximum Gasteiger partial charge on any atom is 0.351 e. The fourth-order valence-electron chi connectivity index (χ4n) is 3.08. The van der Waals surface area contributed by atoms with Gasteiger partial charge >= 0.3 is 5.69 Å². The van der Waals surface area contributed by atoms with Gasteiger partial charge in [0.05, 0.1) is 12.7 Å². The van der Waals surface area contributed by atoms with Crippen LogP contribution < -0.4 is 5.69 Å². The maximum atomic E-state index is 12.3. The van der Waals surface area contributed by atoms with E-state index in [0.29, 0.717) is 0 Å². The third-order valence-electron chi connectivity index (χ3n) is 4.46. The van der Waals surface area contributed by atoms with E-state index in [1.54, 1.807) is 17.5 Å². The molecule has 6 nitrogen and oxygen atoms in total. The molecule has 1 saturated heterocycles. The van der Waals surface area contributed by atoms with Crippen molar-refractivity contribution in [3.8, 4) is 0 Å². The van der Waals surface area contributed by atoms with E-state index in [4.69, 9.17) is 4.74 Å². The van der Waals surface area contributed by atoms with Crippen molar-refractivity contribution in [2.24, 2.45) is 0 Å². The molecular weight excluding hydrogens is 328 g/mol. The Morgan fingerprint density at radius 3 is 2.96 bits per heavy atom. The molecule has 3 atom stereocenters. The lowest BCUT2D eigenvalue weighted by atomic mass is 10.1. The predicted octanol–water partition coefficient (Wildman–Crippen LogP) is 2.22. The highest BCUT2D eigenvalue weighted by Crippen LogP contribution is 2.29. The molecule has 0 unspecified atom stereocenters. The molecule has 1 aliphatic rings. The van der Waals surface area contributed by atoms with Gasteiger partial charge in [-0.25, -0.2) is 4.79 Å². The molecule has 7 heteroatoms. The molecule has 0 saturated carbocycles. The summed E-state index contributed by atoms with van der Waals surface area (Å²) in [6.45, 7) is 1.93. The molecule has 0 aliphatic carbocycles. The number of aryl methyl sites for hydroxylation is 1. The minimum Gasteiger partial charge on any atom is -0.394 e. The molecule has 132 valence electrons. The minimum absolute atomic E-state index is 0.261. The molecule has 3 heterocycles. The molecule has 2 N–H and O–H groups in total. The van der Waals surface area contributed by atoms with Crippen LogP contribution in [0.1, 0.15) is 50.1 Å². The predicted molar refractivity (Wildman–Crippen MR) is 93.3 cm³/mol. The summed E-state index contributed by atoms with van der Waals surface area (Å²) >= 11 is 1.57. The number of hydrogen-bond donors (Lipinski definition) is 2. The van der Waals surface area contributed by atoms with Crippen molar-refractivity contribution in [3.05, 3.63) is 27.6 Å². The van der Waals surface area contributed by atoms with Crippen molar-refractivity contribution < 1.29 is 14.9 Å². The first kappa shape index (κ1) is 17.5. The van der Waals surface area contributed by atoms with Gasteiger partial charge in [-0.1, -0.05) is 26.2 Å². The largest absolute Gasteiger partial charge is 0.394 e. The van der Waals surface area contributed by atoms with Crippen LogP contribution in [-0.4, -0.2) is 38.6 Å². The van der Waals surface area contributed by atoms with Gasteiger partial charge in [-0.05, 0) is 18.9 Å². The lowest BCUT2D eigenvalue weighted by Crippen LogP contribution is -2.27. The summed E-state index contributed by atoms with van der Waals surface area (Å²) in [5, 5.41) is 20.0. The van der Waals surface area contributed by atoms with E-state index in [9.17, 15) is 15.0 Å². The van der Waals surface area contributed by atoms with Crippen molar-refractivity contribution in [3.63, 3.8) is 0 Å². The lowest BCUT2D eigenvalue weighted by Gasteiger charge is -2.14. The smallest absolute Gasteiger partial charge is 0.351 e. The number of unbranched alkanes of at least 4 members (excludes halogenated alkanes) is 3. The molecule has 1 aliphatic heterocycles. The highest BCUT2D eigenvalue weighted by atomic mass is 32.1. The van der Waals surface area contributed by atoms with Crippen molar-refractivity contribution >= 4 is 21.6 Å². The normalized spacial score (nSPS) is 24.0. The summed E-state index contributed by atoms with van der Waals surface area (Å²) in [6, 6.07) is 2.09. The number of fused-ring (bicyclic) bond motifs is 1. The van der Waals surface area contributed by atoms with E-state index in [2.05, 4.69) is 18.0 Å². The minimum atomic E-state index is -0.765. The molecule has 24 heavy (non-hydrogen) atoms. The molecule has 0 spiro atoms. The van der Waals surface area contributed by atoms with Crippen LogP contribution in [0.3, 0.4) is 0 Å². The third-order valence-corrected chi connectivity index (χ3v) is 5.56. The fraction of sp³-hybridized carbons (Fsp3) is 0.647. The number of aliphatic hydroxyl groups excluding tert-OH is 2. The summed E-state index contributed by atoms with van der Waals surface area (Å²) in [4.78, 5) is 18.4. The Hall–Kier alpha value is -1.28. The second-order valence-corrected chi connectivity index (χ2v) is 7.44. The first-order valence-electron chi connectivity index (χ1n) is 8.58. The van der Waals surface area contributed by atoms with E-state index in [1.807, 2.05) is 0 Å². The number of aliphatic hydroxyl groups is 2. The molecular formula is C17H24N2O4S. The van der Waals surface area contributed by atoms with E-state index < -0.39 is 18.4 Å². The Bertz CT molecular complexity index is 742. The van der Waals surface area contributed by atoms with Crippen LogP contribution in [0.25, 0.3) is 10.2 Å². The maximum absolute atomic E-state index is 12.3. The molecule has 0 aromatic carbocycles. The van der Waals surface area contributed by atoms with Crippen molar-refractivity contribution in [2.45, 2.75) is 63.9 Å². The van der Waals surface area contributed by atoms with Gasteiger partial charge in [-0.15, -0.1) is 11.3 Å². The number of rotatable bonds is 7. The summed E-state index contributed by atoms with van der Waals surface area (Å²) < 4.78 is 6.99. The van der Waals surface area contributed by atoms with Gasteiger partial charge in [0.15, 0.2) is 0 Å². The zero-order chi connectivity index (χ0) is 17.1. The van der Waals surface area contributed by atoms with Crippen molar-refractivity contribution in [2.75, 3.05) is 6.61 Å². The molecule has 3 rings (SSSR count). The third kappa shape index (κ3) is 3.69. The Labute approximate surface area is 144 Å². The molecule has 2 aromatic rings. The Balaban J connectivity index is 1.78. The van der Waals surface area contributed by atoms with E-state index in [-0.39, 0.29) is 18.7 Å². The number of aromatic nitrogens is 2. The monoisotopic (exact) mass is 352 g/mol. The van der Waals surface area contributed by atoms with E-state index in [1.165, 1.54) is 28.7 Å². The van der Waals surface area contributed by atoms with Gasteiger partial charge in [-0.3, -0.25) is 4.57 Å². The quantitative estimate of drug-likeness (QED) is 0.747. The van der Waals surface area contributed by atoms with Gasteiger partial charge in [0, 0.05) is 22.9 Å². The van der Waals surface area contributed by atoms with Crippen LogP contribution in [0.15, 0.2) is 17.1 Å². The molecule has 0 radical (unpaired) electrons. The summed E-state index contributed by atoms with van der Waals surface area (Å²) in [5.41, 5.74) is -0.377. The van der Waals surface area contributed by atoms with Crippen LogP contribution in [0.4, 0.5) is 0 Å². The number of thiophene rings is 1. The summed E-state index contributed by atoms with van der Waals surface area (Å²) in [6.07, 6.45) is 5.92. The highest BCUT2D eigenvalue weighted by molar-refractivity contribution is 7.18. The molecule has 2 aromatic heterocycles. The van der Waals surface area contributed by atoms with E-state index in [0.717, 1.165) is 23.1 Å². The van der Waals surface area contributed by atoms with Crippen LogP contribution >= 0.6 is 11.3 Å². The van der Waals surface area contributed by atoms with Crippen LogP contribution in [0.5, 0.6) is 0 Å². The van der Waals surface area contributed by atoms with Gasteiger partial charge in [0.2, 0.25) is 0 Å². The van der Waals surface area contributed by atoms with Crippen molar-refractivity contribution in [1.29, 1.82) is 0 Å². The molecule has 1 fully saturated rings. The molecule has 0 amide bonds. The second kappa shape index (κ2) is 7.74.